The highest BCUT2D eigenvalue weighted by atomic mass is 32.2. The van der Waals surface area contributed by atoms with Crippen LogP contribution in [0.5, 0.6) is 17.2 Å². The molecule has 0 saturated carbocycles. The highest BCUT2D eigenvalue weighted by Crippen LogP contribution is 2.33. The quantitative estimate of drug-likeness (QED) is 0.674. The summed E-state index contributed by atoms with van der Waals surface area (Å²) in [4.78, 5) is -0.0660. The molecule has 2 aromatic rings. The van der Waals surface area contributed by atoms with Crippen LogP contribution in [0.3, 0.4) is 0 Å². The highest BCUT2D eigenvalue weighted by molar-refractivity contribution is 7.92. The Morgan fingerprint density at radius 2 is 1.33 bits per heavy atom. The highest BCUT2D eigenvalue weighted by Gasteiger charge is 2.19. The molecule has 2 aromatic carbocycles. The molecule has 0 atom stereocenters. The molecule has 148 valence electrons. The van der Waals surface area contributed by atoms with Gasteiger partial charge in [-0.3, -0.25) is 9.44 Å². The number of ether oxygens (including phenoxy) is 3. The zero-order valence-electron chi connectivity index (χ0n) is 15.1. The van der Waals surface area contributed by atoms with Gasteiger partial charge in [0.2, 0.25) is 10.0 Å². The Bertz CT molecular complexity index is 1030. The van der Waals surface area contributed by atoms with Gasteiger partial charge in [-0.05, 0) is 30.3 Å². The van der Waals surface area contributed by atoms with E-state index in [0.29, 0.717) is 5.75 Å². The van der Waals surface area contributed by atoms with Crippen molar-refractivity contribution in [1.29, 1.82) is 0 Å². The van der Waals surface area contributed by atoms with E-state index in [-0.39, 0.29) is 27.8 Å². The van der Waals surface area contributed by atoms with Crippen LogP contribution in [0.1, 0.15) is 0 Å². The minimum atomic E-state index is -4.01. The lowest BCUT2D eigenvalue weighted by Gasteiger charge is -2.15. The van der Waals surface area contributed by atoms with E-state index in [9.17, 15) is 16.8 Å². The third-order valence-corrected chi connectivity index (χ3v) is 5.38. The summed E-state index contributed by atoms with van der Waals surface area (Å²) in [5.41, 5.74) is 0.254. The van der Waals surface area contributed by atoms with E-state index in [2.05, 4.69) is 9.44 Å². The van der Waals surface area contributed by atoms with Crippen molar-refractivity contribution >= 4 is 31.4 Å². The zero-order chi connectivity index (χ0) is 20.2. The molecular formula is C16H20N2O7S2. The van der Waals surface area contributed by atoms with E-state index in [4.69, 9.17) is 14.2 Å². The molecule has 0 unspecified atom stereocenters. The fourth-order valence-electron chi connectivity index (χ4n) is 2.25. The monoisotopic (exact) mass is 416 g/mol. The Morgan fingerprint density at radius 3 is 1.89 bits per heavy atom. The Labute approximate surface area is 158 Å². The Hall–Kier alpha value is -2.66. The molecule has 0 aromatic heterocycles. The SMILES string of the molecule is COc1ccc(NS(C)(=O)=O)cc1NS(=O)(=O)c1ccc(OC)c(OC)c1. The summed E-state index contributed by atoms with van der Waals surface area (Å²) >= 11 is 0. The van der Waals surface area contributed by atoms with Crippen molar-refractivity contribution in [2.45, 2.75) is 4.90 Å². The van der Waals surface area contributed by atoms with Crippen molar-refractivity contribution in [2.75, 3.05) is 37.0 Å². The number of methoxy groups -OCH3 is 3. The molecule has 0 amide bonds. The lowest BCUT2D eigenvalue weighted by Crippen LogP contribution is -2.15. The summed E-state index contributed by atoms with van der Waals surface area (Å²) in [7, 11) is -3.33. The van der Waals surface area contributed by atoms with Gasteiger partial charge in [-0.2, -0.15) is 0 Å². The maximum atomic E-state index is 12.7. The smallest absolute Gasteiger partial charge is 0.262 e. The van der Waals surface area contributed by atoms with E-state index in [0.717, 1.165) is 6.26 Å². The van der Waals surface area contributed by atoms with Crippen molar-refractivity contribution in [3.05, 3.63) is 36.4 Å². The first-order valence-electron chi connectivity index (χ1n) is 7.50. The van der Waals surface area contributed by atoms with Gasteiger partial charge in [0.05, 0.1) is 43.9 Å². The maximum Gasteiger partial charge on any atom is 0.262 e. The van der Waals surface area contributed by atoms with E-state index in [1.165, 1.54) is 57.7 Å². The summed E-state index contributed by atoms with van der Waals surface area (Å²) < 4.78 is 68.3. The fraction of sp³-hybridized carbons (Fsp3) is 0.250. The van der Waals surface area contributed by atoms with Crippen molar-refractivity contribution in [3.63, 3.8) is 0 Å². The first kappa shape index (κ1) is 20.6. The van der Waals surface area contributed by atoms with Gasteiger partial charge in [0, 0.05) is 6.07 Å². The second-order valence-corrected chi connectivity index (χ2v) is 8.84. The molecule has 0 aliphatic rings. The number of nitrogens with one attached hydrogen (secondary N) is 2. The van der Waals surface area contributed by atoms with Gasteiger partial charge in [-0.1, -0.05) is 0 Å². The van der Waals surface area contributed by atoms with Crippen molar-refractivity contribution in [1.82, 2.24) is 0 Å². The summed E-state index contributed by atoms with van der Waals surface area (Å²) in [5.74, 6) is 0.853. The Morgan fingerprint density at radius 1 is 0.741 bits per heavy atom. The summed E-state index contributed by atoms with van der Waals surface area (Å²) in [6, 6.07) is 8.35. The first-order valence-corrected chi connectivity index (χ1v) is 10.9. The van der Waals surface area contributed by atoms with E-state index < -0.39 is 20.0 Å². The van der Waals surface area contributed by atoms with Crippen molar-refractivity contribution < 1.29 is 31.0 Å². The largest absolute Gasteiger partial charge is 0.495 e. The summed E-state index contributed by atoms with van der Waals surface area (Å²) in [5, 5.41) is 0. The molecule has 0 radical (unpaired) electrons. The molecule has 2 rings (SSSR count). The van der Waals surface area contributed by atoms with Crippen LogP contribution in [-0.2, 0) is 20.0 Å². The Balaban J connectivity index is 2.43. The number of hydrogen-bond donors (Lipinski definition) is 2. The lowest BCUT2D eigenvalue weighted by atomic mass is 10.2. The van der Waals surface area contributed by atoms with Gasteiger partial charge >= 0.3 is 0 Å². The predicted molar refractivity (Wildman–Crippen MR) is 102 cm³/mol. The van der Waals surface area contributed by atoms with Crippen LogP contribution in [-0.4, -0.2) is 44.4 Å². The molecule has 27 heavy (non-hydrogen) atoms. The second kappa shape index (κ2) is 7.92. The van der Waals surface area contributed by atoms with Crippen LogP contribution in [0.2, 0.25) is 0 Å². The zero-order valence-corrected chi connectivity index (χ0v) is 16.8. The number of benzene rings is 2. The number of anilines is 2. The summed E-state index contributed by atoms with van der Waals surface area (Å²) in [6.45, 7) is 0. The maximum absolute atomic E-state index is 12.7. The minimum Gasteiger partial charge on any atom is -0.495 e. The van der Waals surface area contributed by atoms with Crippen LogP contribution < -0.4 is 23.7 Å². The molecule has 0 bridgehead atoms. The van der Waals surface area contributed by atoms with Crippen LogP contribution in [0, 0.1) is 0 Å². The third-order valence-electron chi connectivity index (χ3n) is 3.41. The third kappa shape index (κ3) is 5.17. The van der Waals surface area contributed by atoms with Gasteiger partial charge in [-0.25, -0.2) is 16.8 Å². The first-order chi connectivity index (χ1) is 12.6. The van der Waals surface area contributed by atoms with Crippen LogP contribution in [0.25, 0.3) is 0 Å². The van der Waals surface area contributed by atoms with E-state index in [1.54, 1.807) is 0 Å². The molecule has 0 fully saturated rings. The molecule has 9 nitrogen and oxygen atoms in total. The molecule has 0 spiro atoms. The van der Waals surface area contributed by atoms with Crippen LogP contribution >= 0.6 is 0 Å². The molecule has 0 aliphatic heterocycles. The number of sulfonamides is 2. The van der Waals surface area contributed by atoms with Crippen molar-refractivity contribution in [3.8, 4) is 17.2 Å². The average molecular weight is 416 g/mol. The van der Waals surface area contributed by atoms with Crippen LogP contribution in [0.15, 0.2) is 41.3 Å². The number of rotatable bonds is 8. The second-order valence-electron chi connectivity index (χ2n) is 5.41. The fourth-order valence-corrected chi connectivity index (χ4v) is 3.88. The molecule has 11 heteroatoms. The van der Waals surface area contributed by atoms with Crippen molar-refractivity contribution in [2.24, 2.45) is 0 Å². The van der Waals surface area contributed by atoms with Gasteiger partial charge in [0.15, 0.2) is 11.5 Å². The van der Waals surface area contributed by atoms with Gasteiger partial charge in [-0.15, -0.1) is 0 Å². The molecule has 0 aliphatic carbocycles. The Kier molecular flexibility index (Phi) is 6.06. The van der Waals surface area contributed by atoms with E-state index in [1.807, 2.05) is 0 Å². The van der Waals surface area contributed by atoms with Gasteiger partial charge in [0.25, 0.3) is 10.0 Å². The van der Waals surface area contributed by atoms with Gasteiger partial charge in [0.1, 0.15) is 5.75 Å². The molecular weight excluding hydrogens is 396 g/mol. The average Bonchev–Trinajstić information content (AvgIpc) is 2.59. The molecule has 2 N–H and O–H groups in total. The number of hydrogen-bond acceptors (Lipinski definition) is 7. The molecule has 0 heterocycles. The predicted octanol–water partition coefficient (Wildman–Crippen LogP) is 1.88. The van der Waals surface area contributed by atoms with E-state index >= 15 is 0 Å². The topological polar surface area (TPSA) is 120 Å². The van der Waals surface area contributed by atoms with Gasteiger partial charge < -0.3 is 14.2 Å². The summed E-state index contributed by atoms with van der Waals surface area (Å²) in [6.07, 6.45) is 0.991. The minimum absolute atomic E-state index is 0.0660. The normalized spacial score (nSPS) is 11.6. The molecule has 0 saturated heterocycles. The standard InChI is InChI=1S/C16H20N2O7S2/c1-23-14-7-5-11(17-26(4,19)20)9-13(14)18-27(21,22)12-6-8-15(24-2)16(10-12)25-3/h5-10,17-18H,1-4H3. The lowest BCUT2D eigenvalue weighted by molar-refractivity contribution is 0.354. The van der Waals surface area contributed by atoms with Crippen LogP contribution in [0.4, 0.5) is 11.4 Å².